The van der Waals surface area contributed by atoms with E-state index in [4.69, 9.17) is 5.73 Å². The summed E-state index contributed by atoms with van der Waals surface area (Å²) in [5.41, 5.74) is 7.06. The zero-order valence-electron chi connectivity index (χ0n) is 11.9. The SMILES string of the molecule is CC(C(=O)Nc1ccc(N)cc1)N1CCCC(CO)C1. The number of carbonyl (C=O) groups excluding carboxylic acids is 1. The first-order chi connectivity index (χ1) is 9.60. The summed E-state index contributed by atoms with van der Waals surface area (Å²) in [5, 5.41) is 12.2. The highest BCUT2D eigenvalue weighted by molar-refractivity contribution is 5.94. The van der Waals surface area contributed by atoms with Crippen molar-refractivity contribution < 1.29 is 9.90 Å². The maximum absolute atomic E-state index is 12.2. The monoisotopic (exact) mass is 277 g/mol. The molecule has 1 heterocycles. The molecule has 5 heteroatoms. The summed E-state index contributed by atoms with van der Waals surface area (Å²) < 4.78 is 0. The normalized spacial score (nSPS) is 21.4. The standard InChI is InChI=1S/C15H23N3O2/c1-11(18-8-2-3-12(9-18)10-19)15(20)17-14-6-4-13(16)5-7-14/h4-7,11-12,19H,2-3,8-10,16H2,1H3,(H,17,20). The molecule has 0 spiro atoms. The van der Waals surface area contributed by atoms with Crippen LogP contribution in [0.1, 0.15) is 19.8 Å². The van der Waals surface area contributed by atoms with Crippen LogP contribution >= 0.6 is 0 Å². The average Bonchev–Trinajstić information content (AvgIpc) is 2.48. The van der Waals surface area contributed by atoms with Crippen LogP contribution in [0.2, 0.25) is 0 Å². The Morgan fingerprint density at radius 2 is 2.20 bits per heavy atom. The minimum absolute atomic E-state index is 0.0200. The fraction of sp³-hybridized carbons (Fsp3) is 0.533. The zero-order chi connectivity index (χ0) is 14.5. The van der Waals surface area contributed by atoms with Gasteiger partial charge in [0, 0.05) is 24.5 Å². The number of amides is 1. The number of nitrogen functional groups attached to an aromatic ring is 1. The number of hydrogen-bond donors (Lipinski definition) is 3. The van der Waals surface area contributed by atoms with E-state index in [1.165, 1.54) is 0 Å². The van der Waals surface area contributed by atoms with Crippen LogP contribution < -0.4 is 11.1 Å². The Labute approximate surface area is 119 Å². The lowest BCUT2D eigenvalue weighted by Gasteiger charge is -2.35. The van der Waals surface area contributed by atoms with Crippen LogP contribution in [0.4, 0.5) is 11.4 Å². The smallest absolute Gasteiger partial charge is 0.241 e. The Kier molecular flexibility index (Phi) is 4.98. The third-order valence-electron chi connectivity index (χ3n) is 3.91. The van der Waals surface area contributed by atoms with Gasteiger partial charge < -0.3 is 16.2 Å². The van der Waals surface area contributed by atoms with Crippen molar-refractivity contribution in [2.75, 3.05) is 30.7 Å². The Hall–Kier alpha value is -1.59. The number of nitrogens with one attached hydrogen (secondary N) is 1. The minimum Gasteiger partial charge on any atom is -0.399 e. The molecular weight excluding hydrogens is 254 g/mol. The van der Waals surface area contributed by atoms with Crippen molar-refractivity contribution in [1.82, 2.24) is 4.90 Å². The van der Waals surface area contributed by atoms with Gasteiger partial charge in [0.1, 0.15) is 0 Å². The van der Waals surface area contributed by atoms with Crippen molar-refractivity contribution in [3.05, 3.63) is 24.3 Å². The third kappa shape index (κ3) is 3.71. The number of hydrogen-bond acceptors (Lipinski definition) is 4. The molecule has 1 saturated heterocycles. The maximum atomic E-state index is 12.2. The fourth-order valence-electron chi connectivity index (χ4n) is 2.58. The van der Waals surface area contributed by atoms with Gasteiger partial charge in [0.15, 0.2) is 0 Å². The molecule has 0 saturated carbocycles. The second-order valence-corrected chi connectivity index (χ2v) is 5.47. The molecule has 0 bridgehead atoms. The second-order valence-electron chi connectivity index (χ2n) is 5.47. The van der Waals surface area contributed by atoms with Gasteiger partial charge in [-0.25, -0.2) is 0 Å². The van der Waals surface area contributed by atoms with E-state index in [0.29, 0.717) is 5.69 Å². The number of aliphatic hydroxyl groups is 1. The number of piperidine rings is 1. The number of nitrogens with zero attached hydrogens (tertiary/aromatic N) is 1. The van der Waals surface area contributed by atoms with Gasteiger partial charge in [-0.2, -0.15) is 0 Å². The molecule has 1 aliphatic heterocycles. The van der Waals surface area contributed by atoms with Crippen molar-refractivity contribution in [2.45, 2.75) is 25.8 Å². The van der Waals surface area contributed by atoms with E-state index in [1.54, 1.807) is 24.3 Å². The highest BCUT2D eigenvalue weighted by Gasteiger charge is 2.26. The fourth-order valence-corrected chi connectivity index (χ4v) is 2.58. The molecule has 1 aromatic carbocycles. The first kappa shape index (κ1) is 14.8. The van der Waals surface area contributed by atoms with E-state index in [1.807, 2.05) is 6.92 Å². The van der Waals surface area contributed by atoms with Gasteiger partial charge in [-0.3, -0.25) is 9.69 Å². The molecular formula is C15H23N3O2. The van der Waals surface area contributed by atoms with Crippen molar-refractivity contribution in [3.8, 4) is 0 Å². The molecule has 0 aliphatic carbocycles. The zero-order valence-corrected chi connectivity index (χ0v) is 11.9. The van der Waals surface area contributed by atoms with Gasteiger partial charge in [0.25, 0.3) is 0 Å². The van der Waals surface area contributed by atoms with Crippen molar-refractivity contribution >= 4 is 17.3 Å². The number of anilines is 2. The maximum Gasteiger partial charge on any atom is 0.241 e. The molecule has 0 aromatic heterocycles. The van der Waals surface area contributed by atoms with Crippen LogP contribution in [-0.2, 0) is 4.79 Å². The van der Waals surface area contributed by atoms with E-state index < -0.39 is 0 Å². The lowest BCUT2D eigenvalue weighted by molar-refractivity contribution is -0.121. The summed E-state index contributed by atoms with van der Waals surface area (Å²) in [4.78, 5) is 14.4. The molecule has 2 rings (SSSR count). The van der Waals surface area contributed by atoms with Crippen LogP contribution in [0.25, 0.3) is 0 Å². The summed E-state index contributed by atoms with van der Waals surface area (Å²) in [6.07, 6.45) is 2.07. The molecule has 1 aliphatic rings. The van der Waals surface area contributed by atoms with Gasteiger partial charge >= 0.3 is 0 Å². The first-order valence-electron chi connectivity index (χ1n) is 7.11. The molecule has 4 N–H and O–H groups in total. The van der Waals surface area contributed by atoms with Crippen LogP contribution in [-0.4, -0.2) is 41.7 Å². The van der Waals surface area contributed by atoms with Crippen LogP contribution in [0.15, 0.2) is 24.3 Å². The topological polar surface area (TPSA) is 78.6 Å². The molecule has 0 radical (unpaired) electrons. The molecule has 110 valence electrons. The van der Waals surface area contributed by atoms with Crippen LogP contribution in [0.3, 0.4) is 0 Å². The Balaban J connectivity index is 1.92. The highest BCUT2D eigenvalue weighted by atomic mass is 16.3. The van der Waals surface area contributed by atoms with E-state index in [9.17, 15) is 9.90 Å². The number of benzene rings is 1. The molecule has 20 heavy (non-hydrogen) atoms. The lowest BCUT2D eigenvalue weighted by atomic mass is 9.97. The molecule has 5 nitrogen and oxygen atoms in total. The Bertz CT molecular complexity index is 447. The van der Waals surface area contributed by atoms with E-state index in [2.05, 4.69) is 10.2 Å². The predicted molar refractivity (Wildman–Crippen MR) is 80.3 cm³/mol. The Morgan fingerprint density at radius 1 is 1.50 bits per heavy atom. The number of rotatable bonds is 4. The van der Waals surface area contributed by atoms with Crippen LogP contribution in [0.5, 0.6) is 0 Å². The third-order valence-corrected chi connectivity index (χ3v) is 3.91. The molecule has 2 atom stereocenters. The molecule has 1 amide bonds. The quantitative estimate of drug-likeness (QED) is 0.725. The molecule has 1 fully saturated rings. The second kappa shape index (κ2) is 6.72. The number of carbonyl (C=O) groups is 1. The van der Waals surface area contributed by atoms with Crippen molar-refractivity contribution in [1.29, 1.82) is 0 Å². The van der Waals surface area contributed by atoms with E-state index in [-0.39, 0.29) is 24.5 Å². The van der Waals surface area contributed by atoms with E-state index >= 15 is 0 Å². The number of nitrogens with two attached hydrogens (primary N) is 1. The molecule has 2 unspecified atom stereocenters. The van der Waals surface area contributed by atoms with E-state index in [0.717, 1.165) is 31.6 Å². The van der Waals surface area contributed by atoms with Crippen molar-refractivity contribution in [3.63, 3.8) is 0 Å². The van der Waals surface area contributed by atoms with Crippen LogP contribution in [0, 0.1) is 5.92 Å². The number of aliphatic hydroxyl groups excluding tert-OH is 1. The lowest BCUT2D eigenvalue weighted by Crippen LogP contribution is -2.47. The first-order valence-corrected chi connectivity index (χ1v) is 7.11. The minimum atomic E-state index is -0.193. The Morgan fingerprint density at radius 3 is 2.85 bits per heavy atom. The van der Waals surface area contributed by atoms with Crippen molar-refractivity contribution in [2.24, 2.45) is 5.92 Å². The summed E-state index contributed by atoms with van der Waals surface area (Å²) >= 11 is 0. The summed E-state index contributed by atoms with van der Waals surface area (Å²) in [5.74, 6) is 0.267. The predicted octanol–water partition coefficient (Wildman–Crippen LogP) is 1.30. The van der Waals surface area contributed by atoms with Gasteiger partial charge in [-0.15, -0.1) is 0 Å². The van der Waals surface area contributed by atoms with Gasteiger partial charge in [-0.05, 0) is 56.5 Å². The average molecular weight is 277 g/mol. The summed E-state index contributed by atoms with van der Waals surface area (Å²) in [6.45, 7) is 3.80. The molecule has 1 aromatic rings. The summed E-state index contributed by atoms with van der Waals surface area (Å²) in [7, 11) is 0. The van der Waals surface area contributed by atoms with Gasteiger partial charge in [0.2, 0.25) is 5.91 Å². The van der Waals surface area contributed by atoms with Gasteiger partial charge in [0.05, 0.1) is 6.04 Å². The highest BCUT2D eigenvalue weighted by Crippen LogP contribution is 2.19. The largest absolute Gasteiger partial charge is 0.399 e. The summed E-state index contributed by atoms with van der Waals surface area (Å²) in [6, 6.07) is 6.94. The van der Waals surface area contributed by atoms with Gasteiger partial charge in [-0.1, -0.05) is 0 Å². The number of likely N-dealkylation sites (tertiary alicyclic amines) is 1.